The van der Waals surface area contributed by atoms with Crippen LogP contribution < -0.4 is 9.64 Å². The quantitative estimate of drug-likeness (QED) is 0.728. The molecule has 15 heavy (non-hydrogen) atoms. The minimum Gasteiger partial charge on any atom is -0.497 e. The van der Waals surface area contributed by atoms with Crippen molar-refractivity contribution in [1.29, 1.82) is 0 Å². The molecule has 1 saturated heterocycles. The maximum Gasteiger partial charge on any atom is 0.119 e. The predicted octanol–water partition coefficient (Wildman–Crippen LogP) is 1.45. The summed E-state index contributed by atoms with van der Waals surface area (Å²) in [5, 5.41) is 0. The number of piperazine rings is 1. The van der Waals surface area contributed by atoms with E-state index in [4.69, 9.17) is 4.74 Å². The molecular formula is C12H18N2O. The molecule has 1 aliphatic rings. The highest BCUT2D eigenvalue weighted by Gasteiger charge is 2.13. The first kappa shape index (κ1) is 10.3. The van der Waals surface area contributed by atoms with E-state index in [0.717, 1.165) is 31.9 Å². The van der Waals surface area contributed by atoms with Crippen molar-refractivity contribution in [3.63, 3.8) is 0 Å². The molecule has 0 unspecified atom stereocenters. The zero-order valence-electron chi connectivity index (χ0n) is 9.44. The normalized spacial score (nSPS) is 17.9. The fourth-order valence-corrected chi connectivity index (χ4v) is 1.86. The van der Waals surface area contributed by atoms with Crippen LogP contribution in [0.15, 0.2) is 24.3 Å². The first-order valence-corrected chi connectivity index (χ1v) is 5.37. The molecule has 0 N–H and O–H groups in total. The molecule has 0 saturated carbocycles. The smallest absolute Gasteiger partial charge is 0.119 e. The Morgan fingerprint density at radius 3 is 2.13 bits per heavy atom. The second-order valence-electron chi connectivity index (χ2n) is 3.99. The first-order chi connectivity index (χ1) is 7.29. The summed E-state index contributed by atoms with van der Waals surface area (Å²) in [6.45, 7) is 4.52. The Morgan fingerprint density at radius 1 is 1.00 bits per heavy atom. The van der Waals surface area contributed by atoms with Gasteiger partial charge in [-0.05, 0) is 31.3 Å². The SMILES string of the molecule is COc1ccc(N2CCN(C)CC2)cc1. The molecule has 1 aromatic carbocycles. The topological polar surface area (TPSA) is 15.7 Å². The Bertz CT molecular complexity index is 302. The van der Waals surface area contributed by atoms with Crippen molar-refractivity contribution in [2.24, 2.45) is 0 Å². The van der Waals surface area contributed by atoms with Gasteiger partial charge >= 0.3 is 0 Å². The summed E-state index contributed by atoms with van der Waals surface area (Å²) in [4.78, 5) is 4.78. The van der Waals surface area contributed by atoms with E-state index < -0.39 is 0 Å². The molecule has 0 bridgehead atoms. The Labute approximate surface area is 91.2 Å². The van der Waals surface area contributed by atoms with Gasteiger partial charge in [0.1, 0.15) is 5.75 Å². The molecule has 3 heteroatoms. The average Bonchev–Trinajstić information content (AvgIpc) is 2.30. The van der Waals surface area contributed by atoms with Gasteiger partial charge in [-0.1, -0.05) is 0 Å². The molecule has 1 fully saturated rings. The molecule has 0 spiro atoms. The highest BCUT2D eigenvalue weighted by atomic mass is 16.5. The van der Waals surface area contributed by atoms with Crippen LogP contribution in [0.4, 0.5) is 5.69 Å². The average molecular weight is 206 g/mol. The standard InChI is InChI=1S/C12H18N2O/c1-13-7-9-14(10-8-13)11-3-5-12(15-2)6-4-11/h3-6H,7-10H2,1-2H3. The van der Waals surface area contributed by atoms with E-state index in [1.807, 2.05) is 12.1 Å². The van der Waals surface area contributed by atoms with Gasteiger partial charge < -0.3 is 14.5 Å². The molecular weight excluding hydrogens is 188 g/mol. The third kappa shape index (κ3) is 2.42. The number of likely N-dealkylation sites (N-methyl/N-ethyl adjacent to an activating group) is 1. The van der Waals surface area contributed by atoms with E-state index >= 15 is 0 Å². The number of nitrogens with zero attached hydrogens (tertiary/aromatic N) is 2. The van der Waals surface area contributed by atoms with Crippen LogP contribution in [0, 0.1) is 0 Å². The Kier molecular flexibility index (Phi) is 3.11. The lowest BCUT2D eigenvalue weighted by Gasteiger charge is -2.34. The molecule has 0 atom stereocenters. The van der Waals surface area contributed by atoms with Gasteiger partial charge in [0.25, 0.3) is 0 Å². The lowest BCUT2D eigenvalue weighted by molar-refractivity contribution is 0.313. The van der Waals surface area contributed by atoms with E-state index in [9.17, 15) is 0 Å². The minimum absolute atomic E-state index is 0.924. The number of methoxy groups -OCH3 is 1. The Hall–Kier alpha value is -1.22. The number of hydrogen-bond donors (Lipinski definition) is 0. The molecule has 1 aliphatic heterocycles. The lowest BCUT2D eigenvalue weighted by atomic mass is 10.2. The van der Waals surface area contributed by atoms with E-state index in [0.29, 0.717) is 0 Å². The van der Waals surface area contributed by atoms with Crippen molar-refractivity contribution in [2.45, 2.75) is 0 Å². The van der Waals surface area contributed by atoms with Gasteiger partial charge in [-0.2, -0.15) is 0 Å². The fraction of sp³-hybridized carbons (Fsp3) is 0.500. The molecule has 2 rings (SSSR count). The number of ether oxygens (including phenoxy) is 1. The minimum atomic E-state index is 0.924. The summed E-state index contributed by atoms with van der Waals surface area (Å²) >= 11 is 0. The summed E-state index contributed by atoms with van der Waals surface area (Å²) < 4.78 is 5.15. The van der Waals surface area contributed by atoms with Crippen molar-refractivity contribution in [2.75, 3.05) is 45.2 Å². The van der Waals surface area contributed by atoms with Gasteiger partial charge in [-0.3, -0.25) is 0 Å². The van der Waals surface area contributed by atoms with Crippen molar-refractivity contribution in [3.8, 4) is 5.75 Å². The Balaban J connectivity index is 2.03. The van der Waals surface area contributed by atoms with Gasteiger partial charge in [-0.15, -0.1) is 0 Å². The monoisotopic (exact) mass is 206 g/mol. The van der Waals surface area contributed by atoms with E-state index in [1.165, 1.54) is 5.69 Å². The molecule has 0 radical (unpaired) electrons. The van der Waals surface area contributed by atoms with Crippen molar-refractivity contribution in [3.05, 3.63) is 24.3 Å². The van der Waals surface area contributed by atoms with Crippen molar-refractivity contribution >= 4 is 5.69 Å². The summed E-state index contributed by atoms with van der Waals surface area (Å²) in [6.07, 6.45) is 0. The highest BCUT2D eigenvalue weighted by Crippen LogP contribution is 2.19. The van der Waals surface area contributed by atoms with Gasteiger partial charge in [0.15, 0.2) is 0 Å². The molecule has 3 nitrogen and oxygen atoms in total. The third-order valence-corrected chi connectivity index (χ3v) is 2.94. The van der Waals surface area contributed by atoms with Crippen LogP contribution in [0.25, 0.3) is 0 Å². The maximum atomic E-state index is 5.15. The first-order valence-electron chi connectivity index (χ1n) is 5.37. The van der Waals surface area contributed by atoms with E-state index in [-0.39, 0.29) is 0 Å². The summed E-state index contributed by atoms with van der Waals surface area (Å²) in [5.41, 5.74) is 1.30. The molecule has 82 valence electrons. The number of hydrogen-bond acceptors (Lipinski definition) is 3. The molecule has 1 aromatic rings. The van der Waals surface area contributed by atoms with Gasteiger partial charge in [0, 0.05) is 31.9 Å². The molecule has 0 aromatic heterocycles. The van der Waals surface area contributed by atoms with E-state index in [2.05, 4.69) is 29.0 Å². The second kappa shape index (κ2) is 4.53. The van der Waals surface area contributed by atoms with Gasteiger partial charge in [0.05, 0.1) is 7.11 Å². The van der Waals surface area contributed by atoms with Crippen LogP contribution in [0.3, 0.4) is 0 Å². The number of benzene rings is 1. The second-order valence-corrected chi connectivity index (χ2v) is 3.99. The van der Waals surface area contributed by atoms with Crippen molar-refractivity contribution < 1.29 is 4.74 Å². The lowest BCUT2D eigenvalue weighted by Crippen LogP contribution is -2.44. The van der Waals surface area contributed by atoms with Crippen molar-refractivity contribution in [1.82, 2.24) is 4.90 Å². The van der Waals surface area contributed by atoms with Gasteiger partial charge in [0.2, 0.25) is 0 Å². The van der Waals surface area contributed by atoms with Crippen LogP contribution in [0.5, 0.6) is 5.75 Å². The summed E-state index contributed by atoms with van der Waals surface area (Å²) in [7, 11) is 3.87. The zero-order chi connectivity index (χ0) is 10.7. The Morgan fingerprint density at radius 2 is 1.60 bits per heavy atom. The maximum absolute atomic E-state index is 5.15. The van der Waals surface area contributed by atoms with Crippen LogP contribution >= 0.6 is 0 Å². The summed E-state index contributed by atoms with van der Waals surface area (Å²) in [6, 6.07) is 8.30. The highest BCUT2D eigenvalue weighted by molar-refractivity contribution is 5.49. The zero-order valence-corrected chi connectivity index (χ0v) is 9.44. The number of rotatable bonds is 2. The van der Waals surface area contributed by atoms with Gasteiger partial charge in [-0.25, -0.2) is 0 Å². The van der Waals surface area contributed by atoms with Crippen LogP contribution in [0.1, 0.15) is 0 Å². The number of anilines is 1. The third-order valence-electron chi connectivity index (χ3n) is 2.94. The van der Waals surface area contributed by atoms with Crippen LogP contribution in [0.2, 0.25) is 0 Å². The summed E-state index contributed by atoms with van der Waals surface area (Å²) in [5.74, 6) is 0.924. The molecule has 0 amide bonds. The molecule has 1 heterocycles. The van der Waals surface area contributed by atoms with E-state index in [1.54, 1.807) is 7.11 Å². The van der Waals surface area contributed by atoms with Crippen LogP contribution in [-0.4, -0.2) is 45.2 Å². The predicted molar refractivity (Wildman–Crippen MR) is 62.7 cm³/mol. The van der Waals surface area contributed by atoms with Crippen LogP contribution in [-0.2, 0) is 0 Å². The fourth-order valence-electron chi connectivity index (χ4n) is 1.86. The molecule has 0 aliphatic carbocycles. The largest absolute Gasteiger partial charge is 0.497 e.